The topological polar surface area (TPSA) is 48.2 Å². The van der Waals surface area contributed by atoms with Crippen molar-refractivity contribution in [3.8, 4) is 5.88 Å². The molecule has 3 rings (SSSR count). The number of benzene rings is 1. The number of alkyl halides is 1. The number of fused-ring (bicyclic) bond motifs is 1. The van der Waals surface area contributed by atoms with Crippen molar-refractivity contribution in [3.63, 3.8) is 0 Å². The van der Waals surface area contributed by atoms with E-state index in [1.807, 2.05) is 37.3 Å². The summed E-state index contributed by atoms with van der Waals surface area (Å²) in [5, 5.41) is 4.84. The molecule has 0 aliphatic carbocycles. The van der Waals surface area contributed by atoms with E-state index >= 15 is 0 Å². The van der Waals surface area contributed by atoms with Crippen molar-refractivity contribution in [1.82, 2.24) is 10.1 Å². The Hall–Kier alpha value is -1.63. The number of aromatic nitrogens is 2. The summed E-state index contributed by atoms with van der Waals surface area (Å²) in [4.78, 5) is 4.50. The highest BCUT2D eigenvalue weighted by Crippen LogP contribution is 2.30. The fourth-order valence-corrected chi connectivity index (χ4v) is 2.81. The van der Waals surface area contributed by atoms with Crippen LogP contribution in [0.2, 0.25) is 0 Å². The maximum Gasteiger partial charge on any atom is 0.218 e. The Kier molecular flexibility index (Phi) is 3.86. The van der Waals surface area contributed by atoms with E-state index in [0.717, 1.165) is 32.2 Å². The molecule has 0 N–H and O–H groups in total. The second-order valence-electron chi connectivity index (χ2n) is 4.46. The van der Waals surface area contributed by atoms with E-state index in [1.54, 1.807) is 6.20 Å². The summed E-state index contributed by atoms with van der Waals surface area (Å²) in [6.07, 6.45) is 1.73. The summed E-state index contributed by atoms with van der Waals surface area (Å²) < 4.78 is 11.9. The molecule has 102 valence electrons. The first-order valence-electron chi connectivity index (χ1n) is 6.26. The van der Waals surface area contributed by atoms with E-state index in [9.17, 15) is 0 Å². The highest BCUT2D eigenvalue weighted by molar-refractivity contribution is 14.1. The minimum Gasteiger partial charge on any atom is -0.473 e. The minimum absolute atomic E-state index is 0.508. The van der Waals surface area contributed by atoms with E-state index in [0.29, 0.717) is 12.5 Å². The third-order valence-electron chi connectivity index (χ3n) is 3.10. The summed E-state index contributed by atoms with van der Waals surface area (Å²) in [5.41, 5.74) is 3.69. The molecule has 2 heterocycles. The maximum atomic E-state index is 5.89. The Labute approximate surface area is 130 Å². The number of rotatable bonds is 4. The summed E-state index contributed by atoms with van der Waals surface area (Å²) in [6, 6.07) is 10.1. The monoisotopic (exact) mass is 380 g/mol. The predicted octanol–water partition coefficient (Wildman–Crippen LogP) is 4.05. The molecule has 5 heteroatoms. The molecule has 20 heavy (non-hydrogen) atoms. The Morgan fingerprint density at radius 1 is 1.25 bits per heavy atom. The lowest BCUT2D eigenvalue weighted by molar-refractivity contribution is 0.291. The van der Waals surface area contributed by atoms with Gasteiger partial charge in [0.25, 0.3) is 0 Å². The van der Waals surface area contributed by atoms with Crippen molar-refractivity contribution in [2.45, 2.75) is 18.0 Å². The van der Waals surface area contributed by atoms with Gasteiger partial charge in [0.05, 0.1) is 17.3 Å². The fraction of sp³-hybridized carbons (Fsp3) is 0.200. The van der Waals surface area contributed by atoms with Crippen LogP contribution in [-0.2, 0) is 11.0 Å². The van der Waals surface area contributed by atoms with Gasteiger partial charge in [-0.1, -0.05) is 58.1 Å². The zero-order chi connectivity index (χ0) is 13.9. The van der Waals surface area contributed by atoms with Gasteiger partial charge in [0.2, 0.25) is 5.88 Å². The maximum absolute atomic E-state index is 5.89. The normalized spacial score (nSPS) is 10.9. The molecule has 0 radical (unpaired) electrons. The van der Waals surface area contributed by atoms with Crippen LogP contribution in [0.4, 0.5) is 0 Å². The van der Waals surface area contributed by atoms with E-state index in [2.05, 4.69) is 32.7 Å². The van der Waals surface area contributed by atoms with Gasteiger partial charge >= 0.3 is 0 Å². The number of aryl methyl sites for hydroxylation is 1. The van der Waals surface area contributed by atoms with E-state index in [-0.39, 0.29) is 0 Å². The zero-order valence-corrected chi connectivity index (χ0v) is 13.1. The van der Waals surface area contributed by atoms with E-state index in [1.165, 1.54) is 0 Å². The summed E-state index contributed by atoms with van der Waals surface area (Å²) in [7, 11) is 0. The van der Waals surface area contributed by atoms with E-state index in [4.69, 9.17) is 9.26 Å². The smallest absolute Gasteiger partial charge is 0.218 e. The molecule has 4 nitrogen and oxygen atoms in total. The Morgan fingerprint density at radius 3 is 2.80 bits per heavy atom. The SMILES string of the molecule is Cc1nc(OCc2ccccc2)c(CI)c2cnoc12. The lowest BCUT2D eigenvalue weighted by atomic mass is 10.2. The molecule has 0 fully saturated rings. The fourth-order valence-electron chi connectivity index (χ4n) is 2.08. The van der Waals surface area contributed by atoms with Crippen LogP contribution in [0.15, 0.2) is 41.1 Å². The highest BCUT2D eigenvalue weighted by Gasteiger charge is 2.15. The van der Waals surface area contributed by atoms with Gasteiger partial charge in [-0.25, -0.2) is 4.98 Å². The first kappa shape index (κ1) is 13.4. The van der Waals surface area contributed by atoms with Crippen LogP contribution in [0.5, 0.6) is 5.88 Å². The second-order valence-corrected chi connectivity index (χ2v) is 5.22. The Bertz CT molecular complexity index is 725. The van der Waals surface area contributed by atoms with Gasteiger partial charge in [-0.2, -0.15) is 0 Å². The predicted molar refractivity (Wildman–Crippen MR) is 85.0 cm³/mol. The molecule has 1 aromatic carbocycles. The van der Waals surface area contributed by atoms with Crippen LogP contribution in [0.25, 0.3) is 11.0 Å². The van der Waals surface area contributed by atoms with Gasteiger partial charge in [0.1, 0.15) is 6.61 Å². The van der Waals surface area contributed by atoms with Gasteiger partial charge in [0.15, 0.2) is 5.58 Å². The summed E-state index contributed by atoms with van der Waals surface area (Å²) in [5.74, 6) is 0.663. The molecule has 0 saturated carbocycles. The molecule has 0 unspecified atom stereocenters. The van der Waals surface area contributed by atoms with E-state index < -0.39 is 0 Å². The van der Waals surface area contributed by atoms with Crippen molar-refractivity contribution >= 4 is 33.6 Å². The molecular formula is C15H13IN2O2. The van der Waals surface area contributed by atoms with Gasteiger partial charge in [0, 0.05) is 9.99 Å². The van der Waals surface area contributed by atoms with Crippen molar-refractivity contribution in [2.75, 3.05) is 0 Å². The third-order valence-corrected chi connectivity index (χ3v) is 3.87. The lowest BCUT2D eigenvalue weighted by Gasteiger charge is -2.10. The van der Waals surface area contributed by atoms with Crippen LogP contribution >= 0.6 is 22.6 Å². The standard InChI is InChI=1S/C15H13IN2O2/c1-10-14-13(8-17-20-14)12(7-16)15(18-10)19-9-11-5-3-2-4-6-11/h2-6,8H,7,9H2,1H3. The number of halogens is 1. The molecular weight excluding hydrogens is 367 g/mol. The van der Waals surface area contributed by atoms with Crippen molar-refractivity contribution < 1.29 is 9.26 Å². The lowest BCUT2D eigenvalue weighted by Crippen LogP contribution is -2.01. The zero-order valence-electron chi connectivity index (χ0n) is 11.0. The van der Waals surface area contributed by atoms with Gasteiger partial charge in [-0.15, -0.1) is 0 Å². The summed E-state index contributed by atoms with van der Waals surface area (Å²) >= 11 is 2.30. The molecule has 0 amide bonds. The quantitative estimate of drug-likeness (QED) is 0.506. The molecule has 2 aromatic heterocycles. The molecule has 0 spiro atoms. The third kappa shape index (κ3) is 2.49. The molecule has 0 bridgehead atoms. The average molecular weight is 380 g/mol. The first-order valence-corrected chi connectivity index (χ1v) is 7.78. The van der Waals surface area contributed by atoms with Crippen LogP contribution < -0.4 is 4.74 Å². The number of pyridine rings is 1. The molecule has 0 aliphatic heterocycles. The minimum atomic E-state index is 0.508. The molecule has 0 aliphatic rings. The number of hydrogen-bond acceptors (Lipinski definition) is 4. The Morgan fingerprint density at radius 2 is 2.05 bits per heavy atom. The van der Waals surface area contributed by atoms with Crippen molar-refractivity contribution in [3.05, 3.63) is 53.3 Å². The van der Waals surface area contributed by atoms with Gasteiger partial charge in [-0.3, -0.25) is 0 Å². The summed E-state index contributed by atoms with van der Waals surface area (Å²) in [6.45, 7) is 2.41. The highest BCUT2D eigenvalue weighted by atomic mass is 127. The Balaban J connectivity index is 1.94. The van der Waals surface area contributed by atoms with Crippen molar-refractivity contribution in [2.24, 2.45) is 0 Å². The number of hydrogen-bond donors (Lipinski definition) is 0. The number of nitrogens with zero attached hydrogens (tertiary/aromatic N) is 2. The van der Waals surface area contributed by atoms with Crippen molar-refractivity contribution in [1.29, 1.82) is 0 Å². The average Bonchev–Trinajstić information content (AvgIpc) is 2.96. The largest absolute Gasteiger partial charge is 0.473 e. The first-order chi connectivity index (χ1) is 9.79. The number of ether oxygens (including phenoxy) is 1. The van der Waals surface area contributed by atoms with Crippen LogP contribution in [0.3, 0.4) is 0 Å². The van der Waals surface area contributed by atoms with Crippen LogP contribution in [0, 0.1) is 6.92 Å². The molecule has 3 aromatic rings. The molecule has 0 atom stereocenters. The van der Waals surface area contributed by atoms with Gasteiger partial charge < -0.3 is 9.26 Å². The van der Waals surface area contributed by atoms with Crippen LogP contribution in [0.1, 0.15) is 16.8 Å². The second kappa shape index (κ2) is 5.78. The van der Waals surface area contributed by atoms with Gasteiger partial charge in [-0.05, 0) is 12.5 Å². The molecule has 0 saturated heterocycles. The van der Waals surface area contributed by atoms with Crippen LogP contribution in [-0.4, -0.2) is 10.1 Å².